The Kier molecular flexibility index (Phi) is 5.67. The Labute approximate surface area is 173 Å². The molecule has 8 heteroatoms. The highest BCUT2D eigenvalue weighted by atomic mass is 35.5. The summed E-state index contributed by atoms with van der Waals surface area (Å²) in [6, 6.07) is 14.6. The lowest BCUT2D eigenvalue weighted by atomic mass is 9.85. The Bertz CT molecular complexity index is 1030. The van der Waals surface area contributed by atoms with Crippen molar-refractivity contribution >= 4 is 34.4 Å². The highest BCUT2D eigenvalue weighted by Gasteiger charge is 2.25. The molecule has 2 amide bonds. The lowest BCUT2D eigenvalue weighted by Crippen LogP contribution is -2.47. The second-order valence-corrected chi connectivity index (χ2v) is 7.45. The van der Waals surface area contributed by atoms with Gasteiger partial charge in [0, 0.05) is 10.9 Å². The fraction of sp³-hybridized carbons (Fsp3) is 0.286. The predicted molar refractivity (Wildman–Crippen MR) is 109 cm³/mol. The van der Waals surface area contributed by atoms with E-state index in [0.717, 1.165) is 30.3 Å². The Balaban J connectivity index is 1.46. The van der Waals surface area contributed by atoms with Gasteiger partial charge in [-0.2, -0.15) is 0 Å². The summed E-state index contributed by atoms with van der Waals surface area (Å²) in [5.74, 6) is 0.819. The van der Waals surface area contributed by atoms with Crippen LogP contribution in [-0.2, 0) is 22.7 Å². The van der Waals surface area contributed by atoms with E-state index in [4.69, 9.17) is 16.3 Å². The van der Waals surface area contributed by atoms with Gasteiger partial charge in [-0.1, -0.05) is 30.2 Å². The number of aromatic nitrogens is 2. The van der Waals surface area contributed by atoms with Gasteiger partial charge in [0.25, 0.3) is 5.91 Å². The minimum Gasteiger partial charge on any atom is -0.486 e. The lowest BCUT2D eigenvalue weighted by Gasteiger charge is -2.24. The van der Waals surface area contributed by atoms with Crippen molar-refractivity contribution in [3.63, 3.8) is 0 Å². The summed E-state index contributed by atoms with van der Waals surface area (Å²) in [6.07, 6.45) is 2.81. The molecule has 1 aromatic heterocycles. The van der Waals surface area contributed by atoms with Crippen LogP contribution in [0.4, 0.5) is 0 Å². The minimum absolute atomic E-state index is 0.00714. The first-order valence-electron chi connectivity index (χ1n) is 9.51. The van der Waals surface area contributed by atoms with E-state index in [-0.39, 0.29) is 30.9 Å². The first kappa shape index (κ1) is 19.3. The Morgan fingerprint density at radius 2 is 1.86 bits per heavy atom. The molecule has 3 aromatic rings. The molecule has 2 aromatic carbocycles. The number of nitrogens with zero attached hydrogens (tertiary/aromatic N) is 2. The van der Waals surface area contributed by atoms with Gasteiger partial charge in [0.15, 0.2) is 0 Å². The van der Waals surface area contributed by atoms with E-state index in [1.54, 1.807) is 28.8 Å². The molecule has 1 fully saturated rings. The van der Waals surface area contributed by atoms with Crippen LogP contribution in [0.15, 0.2) is 48.5 Å². The monoisotopic (exact) mass is 412 g/mol. The van der Waals surface area contributed by atoms with Crippen molar-refractivity contribution in [2.24, 2.45) is 5.92 Å². The Hall–Kier alpha value is -3.06. The number of rotatable bonds is 6. The smallest absolute Gasteiger partial charge is 0.258 e. The van der Waals surface area contributed by atoms with Crippen LogP contribution in [0.5, 0.6) is 5.75 Å². The number of fused-ring (bicyclic) bond motifs is 1. The summed E-state index contributed by atoms with van der Waals surface area (Å²) in [4.78, 5) is 28.9. The molecule has 4 rings (SSSR count). The quantitative estimate of drug-likeness (QED) is 0.609. The summed E-state index contributed by atoms with van der Waals surface area (Å²) in [7, 11) is 0. The number of hydrogen-bond acceptors (Lipinski definition) is 4. The number of nitrogens with one attached hydrogen (secondary N) is 2. The number of carbonyl (C=O) groups excluding carboxylic acids is 2. The van der Waals surface area contributed by atoms with Gasteiger partial charge in [-0.15, -0.1) is 0 Å². The van der Waals surface area contributed by atoms with E-state index in [2.05, 4.69) is 15.8 Å². The van der Waals surface area contributed by atoms with E-state index >= 15 is 0 Å². The molecule has 0 bridgehead atoms. The summed E-state index contributed by atoms with van der Waals surface area (Å²) >= 11 is 5.90. The number of carbonyl (C=O) groups is 2. The van der Waals surface area contributed by atoms with Crippen LogP contribution in [0.3, 0.4) is 0 Å². The molecule has 1 heterocycles. The molecular weight excluding hydrogens is 392 g/mol. The molecule has 0 aliphatic heterocycles. The van der Waals surface area contributed by atoms with Crippen LogP contribution in [0.25, 0.3) is 11.0 Å². The number of hydrogen-bond donors (Lipinski definition) is 2. The number of hydrazine groups is 1. The first-order valence-corrected chi connectivity index (χ1v) is 9.89. The third kappa shape index (κ3) is 4.51. The SMILES string of the molecule is O=C(Cn1c(COc2ccc(Cl)cc2)nc2ccccc21)NNC(=O)C1CCC1. The molecule has 0 atom stereocenters. The highest BCUT2D eigenvalue weighted by molar-refractivity contribution is 6.30. The number of halogens is 1. The van der Waals surface area contributed by atoms with Crippen molar-refractivity contribution in [2.45, 2.75) is 32.4 Å². The number of amides is 2. The molecule has 150 valence electrons. The van der Waals surface area contributed by atoms with Crippen molar-refractivity contribution in [3.8, 4) is 5.75 Å². The maximum Gasteiger partial charge on any atom is 0.258 e. The number of para-hydroxylation sites is 2. The highest BCUT2D eigenvalue weighted by Crippen LogP contribution is 2.26. The maximum absolute atomic E-state index is 12.4. The fourth-order valence-electron chi connectivity index (χ4n) is 3.18. The van der Waals surface area contributed by atoms with Gasteiger partial charge >= 0.3 is 0 Å². The second kappa shape index (κ2) is 8.53. The zero-order valence-corrected chi connectivity index (χ0v) is 16.5. The number of imidazole rings is 1. The maximum atomic E-state index is 12.4. The van der Waals surface area contributed by atoms with Crippen molar-refractivity contribution in [1.82, 2.24) is 20.4 Å². The molecule has 29 heavy (non-hydrogen) atoms. The van der Waals surface area contributed by atoms with Crippen molar-refractivity contribution in [2.75, 3.05) is 0 Å². The summed E-state index contributed by atoms with van der Waals surface area (Å²) in [5, 5.41) is 0.630. The predicted octanol–water partition coefficient (Wildman–Crippen LogP) is 3.22. The Morgan fingerprint density at radius 3 is 2.59 bits per heavy atom. The van der Waals surface area contributed by atoms with E-state index < -0.39 is 0 Å². The average molecular weight is 413 g/mol. The molecule has 1 aliphatic rings. The zero-order chi connectivity index (χ0) is 20.2. The Morgan fingerprint density at radius 1 is 1.10 bits per heavy atom. The molecular formula is C21H21ClN4O3. The molecule has 0 saturated heterocycles. The van der Waals surface area contributed by atoms with Crippen molar-refractivity contribution < 1.29 is 14.3 Å². The van der Waals surface area contributed by atoms with Crippen LogP contribution < -0.4 is 15.6 Å². The molecule has 2 N–H and O–H groups in total. The fourth-order valence-corrected chi connectivity index (χ4v) is 3.30. The van der Waals surface area contributed by atoms with Crippen LogP contribution in [0.1, 0.15) is 25.1 Å². The zero-order valence-electron chi connectivity index (χ0n) is 15.7. The lowest BCUT2D eigenvalue weighted by molar-refractivity contribution is -0.133. The summed E-state index contributed by atoms with van der Waals surface area (Å²) < 4.78 is 7.60. The van der Waals surface area contributed by atoms with Crippen LogP contribution in [-0.4, -0.2) is 21.4 Å². The van der Waals surface area contributed by atoms with Gasteiger partial charge in [0.05, 0.1) is 11.0 Å². The molecule has 0 unspecified atom stereocenters. The van der Waals surface area contributed by atoms with E-state index in [9.17, 15) is 9.59 Å². The summed E-state index contributed by atoms with van der Waals surface area (Å²) in [5.41, 5.74) is 6.60. The normalized spacial score (nSPS) is 13.7. The second-order valence-electron chi connectivity index (χ2n) is 7.01. The molecule has 1 saturated carbocycles. The van der Waals surface area contributed by atoms with Crippen LogP contribution in [0.2, 0.25) is 5.02 Å². The van der Waals surface area contributed by atoms with E-state index in [1.165, 1.54) is 0 Å². The van der Waals surface area contributed by atoms with Gasteiger partial charge in [0.2, 0.25) is 5.91 Å². The van der Waals surface area contributed by atoms with Gasteiger partial charge in [-0.3, -0.25) is 20.4 Å². The molecule has 0 spiro atoms. The van der Waals surface area contributed by atoms with E-state index in [0.29, 0.717) is 16.6 Å². The van der Waals surface area contributed by atoms with Crippen LogP contribution in [0, 0.1) is 5.92 Å². The minimum atomic E-state index is -0.325. The van der Waals surface area contributed by atoms with Gasteiger partial charge in [0.1, 0.15) is 24.7 Å². The molecule has 7 nitrogen and oxygen atoms in total. The van der Waals surface area contributed by atoms with E-state index in [1.807, 2.05) is 24.3 Å². The van der Waals surface area contributed by atoms with Gasteiger partial charge < -0.3 is 9.30 Å². The molecule has 0 radical (unpaired) electrons. The van der Waals surface area contributed by atoms with Crippen molar-refractivity contribution in [3.05, 3.63) is 59.4 Å². The average Bonchev–Trinajstić information content (AvgIpc) is 3.02. The number of benzene rings is 2. The third-order valence-electron chi connectivity index (χ3n) is 5.02. The number of ether oxygens (including phenoxy) is 1. The largest absolute Gasteiger partial charge is 0.486 e. The topological polar surface area (TPSA) is 85.2 Å². The standard InChI is InChI=1S/C21H21ClN4O3/c22-15-8-10-16(11-9-15)29-13-19-23-17-6-1-2-7-18(17)26(19)12-20(27)24-25-21(28)14-4-3-5-14/h1-2,6-11,14H,3-5,12-13H2,(H,24,27)(H,25,28). The van der Waals surface area contributed by atoms with Crippen LogP contribution >= 0.6 is 11.6 Å². The summed E-state index contributed by atoms with van der Waals surface area (Å²) in [6.45, 7) is 0.211. The van der Waals surface area contributed by atoms with Gasteiger partial charge in [-0.05, 0) is 49.2 Å². The first-order chi connectivity index (χ1) is 14.1. The third-order valence-corrected chi connectivity index (χ3v) is 5.27. The van der Waals surface area contributed by atoms with Gasteiger partial charge in [-0.25, -0.2) is 4.98 Å². The molecule has 1 aliphatic carbocycles. The van der Waals surface area contributed by atoms with Crippen molar-refractivity contribution in [1.29, 1.82) is 0 Å².